The summed E-state index contributed by atoms with van der Waals surface area (Å²) in [6.07, 6.45) is 1.56. The predicted octanol–water partition coefficient (Wildman–Crippen LogP) is 5.16. The molecule has 0 aliphatic heterocycles. The van der Waals surface area contributed by atoms with Crippen LogP contribution in [0.5, 0.6) is 5.75 Å². The van der Waals surface area contributed by atoms with E-state index in [1.165, 1.54) is 22.5 Å². The monoisotopic (exact) mass is 433 g/mol. The van der Waals surface area contributed by atoms with Crippen LogP contribution in [0.25, 0.3) is 11.0 Å². The van der Waals surface area contributed by atoms with Gasteiger partial charge in [-0.25, -0.2) is 4.98 Å². The fraction of sp³-hybridized carbons (Fsp3) is 0.280. The van der Waals surface area contributed by atoms with E-state index in [1.54, 1.807) is 0 Å². The smallest absolute Gasteiger partial charge is 0.261 e. The molecule has 2 heterocycles. The van der Waals surface area contributed by atoms with Crippen LogP contribution < -0.4 is 10.1 Å². The Morgan fingerprint density at radius 1 is 1.10 bits per heavy atom. The number of amides is 1. The molecule has 0 bridgehead atoms. The summed E-state index contributed by atoms with van der Waals surface area (Å²) in [4.78, 5) is 17.7. The van der Waals surface area contributed by atoms with E-state index in [0.29, 0.717) is 19.6 Å². The number of aryl methyl sites for hydroxylation is 3. The van der Waals surface area contributed by atoms with Crippen molar-refractivity contribution in [2.75, 3.05) is 13.2 Å². The third-order valence-corrected chi connectivity index (χ3v) is 5.97. The summed E-state index contributed by atoms with van der Waals surface area (Å²) >= 11 is 1.45. The van der Waals surface area contributed by atoms with Crippen LogP contribution in [0, 0.1) is 13.8 Å². The second kappa shape index (κ2) is 9.79. The number of rotatable bonds is 9. The molecule has 0 atom stereocenters. The zero-order valence-electron chi connectivity index (χ0n) is 17.9. The standard InChI is InChI=1S/C25H27N3O2S/c1-18-15-19(2)17-20(16-18)30-13-6-12-28-22-8-4-3-7-21(22)27-24(28)10-11-26-25(29)23-9-5-14-31-23/h3-5,7-9,14-17H,6,10-13H2,1-2H3,(H,26,29). The first kappa shape index (κ1) is 21.1. The number of ether oxygens (including phenoxy) is 1. The van der Waals surface area contributed by atoms with E-state index in [1.807, 2.05) is 35.7 Å². The molecule has 0 fully saturated rings. The maximum Gasteiger partial charge on any atom is 0.261 e. The molecule has 0 saturated carbocycles. The normalized spacial score (nSPS) is 11.0. The van der Waals surface area contributed by atoms with Gasteiger partial charge in [0.2, 0.25) is 0 Å². The third kappa shape index (κ3) is 5.33. The fourth-order valence-corrected chi connectivity index (χ4v) is 4.42. The van der Waals surface area contributed by atoms with Crippen molar-refractivity contribution in [2.45, 2.75) is 33.2 Å². The van der Waals surface area contributed by atoms with Crippen molar-refractivity contribution < 1.29 is 9.53 Å². The first-order valence-corrected chi connectivity index (χ1v) is 11.4. The topological polar surface area (TPSA) is 56.1 Å². The van der Waals surface area contributed by atoms with Crippen LogP contribution >= 0.6 is 11.3 Å². The predicted molar refractivity (Wildman–Crippen MR) is 126 cm³/mol. The molecule has 4 aromatic rings. The number of para-hydroxylation sites is 2. The third-order valence-electron chi connectivity index (χ3n) is 5.10. The lowest BCUT2D eigenvalue weighted by molar-refractivity contribution is 0.0958. The van der Waals surface area contributed by atoms with Gasteiger partial charge in [0.25, 0.3) is 5.91 Å². The zero-order valence-corrected chi connectivity index (χ0v) is 18.7. The van der Waals surface area contributed by atoms with Gasteiger partial charge in [-0.05, 0) is 67.1 Å². The molecule has 1 amide bonds. The van der Waals surface area contributed by atoms with Gasteiger partial charge in [0.05, 0.1) is 22.5 Å². The van der Waals surface area contributed by atoms with Crippen molar-refractivity contribution in [3.05, 3.63) is 81.8 Å². The lowest BCUT2D eigenvalue weighted by Gasteiger charge is -2.11. The first-order chi connectivity index (χ1) is 15.1. The number of carbonyl (C=O) groups is 1. The van der Waals surface area contributed by atoms with Crippen molar-refractivity contribution >= 4 is 28.3 Å². The molecule has 31 heavy (non-hydrogen) atoms. The van der Waals surface area contributed by atoms with Gasteiger partial charge in [-0.2, -0.15) is 0 Å². The lowest BCUT2D eigenvalue weighted by atomic mass is 10.1. The summed E-state index contributed by atoms with van der Waals surface area (Å²) in [5, 5.41) is 4.91. The first-order valence-electron chi connectivity index (χ1n) is 10.6. The van der Waals surface area contributed by atoms with Gasteiger partial charge in [-0.3, -0.25) is 4.79 Å². The van der Waals surface area contributed by atoms with Crippen LogP contribution in [-0.4, -0.2) is 28.6 Å². The van der Waals surface area contributed by atoms with E-state index in [2.05, 4.69) is 48.0 Å². The van der Waals surface area contributed by atoms with Crippen LogP contribution in [0.15, 0.2) is 60.0 Å². The maximum absolute atomic E-state index is 12.2. The second-order valence-corrected chi connectivity index (χ2v) is 8.62. The molecule has 5 nitrogen and oxygen atoms in total. The Morgan fingerprint density at radius 2 is 1.90 bits per heavy atom. The van der Waals surface area contributed by atoms with Crippen molar-refractivity contribution in [1.82, 2.24) is 14.9 Å². The molecule has 2 aromatic heterocycles. The number of hydrogen-bond donors (Lipinski definition) is 1. The lowest BCUT2D eigenvalue weighted by Crippen LogP contribution is -2.25. The van der Waals surface area contributed by atoms with Gasteiger partial charge in [0.1, 0.15) is 11.6 Å². The number of imidazole rings is 1. The minimum Gasteiger partial charge on any atom is -0.494 e. The Hall–Kier alpha value is -3.12. The summed E-state index contributed by atoms with van der Waals surface area (Å²) in [6, 6.07) is 18.2. The molecule has 0 saturated heterocycles. The molecule has 0 aliphatic carbocycles. The van der Waals surface area contributed by atoms with Crippen LogP contribution in [0.3, 0.4) is 0 Å². The van der Waals surface area contributed by atoms with Crippen molar-refractivity contribution in [3.8, 4) is 5.75 Å². The summed E-state index contributed by atoms with van der Waals surface area (Å²) in [7, 11) is 0. The zero-order chi connectivity index (χ0) is 21.6. The van der Waals surface area contributed by atoms with Crippen LogP contribution in [0.4, 0.5) is 0 Å². The Balaban J connectivity index is 1.38. The molecule has 0 unspecified atom stereocenters. The minimum absolute atomic E-state index is 0.0282. The molecular weight excluding hydrogens is 406 g/mol. The second-order valence-electron chi connectivity index (χ2n) is 7.68. The van der Waals surface area contributed by atoms with Crippen molar-refractivity contribution in [2.24, 2.45) is 0 Å². The van der Waals surface area contributed by atoms with Gasteiger partial charge >= 0.3 is 0 Å². The van der Waals surface area contributed by atoms with E-state index in [-0.39, 0.29) is 5.91 Å². The number of aromatic nitrogens is 2. The Labute approximate surface area is 186 Å². The summed E-state index contributed by atoms with van der Waals surface area (Å²) in [5.41, 5.74) is 4.52. The summed E-state index contributed by atoms with van der Waals surface area (Å²) in [6.45, 7) is 6.19. The van der Waals surface area contributed by atoms with E-state index < -0.39 is 0 Å². The van der Waals surface area contributed by atoms with Crippen molar-refractivity contribution in [1.29, 1.82) is 0 Å². The Morgan fingerprint density at radius 3 is 2.68 bits per heavy atom. The van der Waals surface area contributed by atoms with Crippen LogP contribution in [0.2, 0.25) is 0 Å². The quantitative estimate of drug-likeness (QED) is 0.371. The number of hydrogen-bond acceptors (Lipinski definition) is 4. The molecule has 6 heteroatoms. The summed E-state index contributed by atoms with van der Waals surface area (Å²) in [5.74, 6) is 1.88. The number of benzene rings is 2. The highest BCUT2D eigenvalue weighted by molar-refractivity contribution is 7.12. The highest BCUT2D eigenvalue weighted by Gasteiger charge is 2.12. The van der Waals surface area contributed by atoms with Gasteiger partial charge in [-0.15, -0.1) is 11.3 Å². The van der Waals surface area contributed by atoms with Crippen LogP contribution in [0.1, 0.15) is 33.0 Å². The average Bonchev–Trinajstić information content (AvgIpc) is 3.39. The maximum atomic E-state index is 12.2. The molecule has 4 rings (SSSR count). The number of fused-ring (bicyclic) bond motifs is 1. The number of thiophene rings is 1. The molecule has 0 spiro atoms. The molecular formula is C25H27N3O2S. The Kier molecular flexibility index (Phi) is 6.67. The van der Waals surface area contributed by atoms with E-state index in [0.717, 1.165) is 40.5 Å². The van der Waals surface area contributed by atoms with Gasteiger partial charge < -0.3 is 14.6 Å². The number of nitrogens with zero attached hydrogens (tertiary/aromatic N) is 2. The molecule has 1 N–H and O–H groups in total. The fourth-order valence-electron chi connectivity index (χ4n) is 3.78. The SMILES string of the molecule is Cc1cc(C)cc(OCCCn2c(CCNC(=O)c3cccs3)nc3ccccc32)c1. The van der Waals surface area contributed by atoms with Gasteiger partial charge in [0, 0.05) is 19.5 Å². The van der Waals surface area contributed by atoms with E-state index >= 15 is 0 Å². The van der Waals surface area contributed by atoms with Crippen molar-refractivity contribution in [3.63, 3.8) is 0 Å². The molecule has 160 valence electrons. The minimum atomic E-state index is -0.0282. The van der Waals surface area contributed by atoms with Gasteiger partial charge in [0.15, 0.2) is 0 Å². The highest BCUT2D eigenvalue weighted by atomic mass is 32.1. The van der Waals surface area contributed by atoms with E-state index in [9.17, 15) is 4.79 Å². The highest BCUT2D eigenvalue weighted by Crippen LogP contribution is 2.19. The van der Waals surface area contributed by atoms with E-state index in [4.69, 9.17) is 9.72 Å². The number of carbonyl (C=O) groups excluding carboxylic acids is 1. The molecule has 0 radical (unpaired) electrons. The van der Waals surface area contributed by atoms with Crippen LogP contribution in [-0.2, 0) is 13.0 Å². The molecule has 0 aliphatic rings. The Bertz CT molecular complexity index is 1140. The number of nitrogens with one attached hydrogen (secondary N) is 1. The average molecular weight is 434 g/mol. The molecule has 2 aromatic carbocycles. The summed E-state index contributed by atoms with van der Waals surface area (Å²) < 4.78 is 8.23. The van der Waals surface area contributed by atoms with Gasteiger partial charge in [-0.1, -0.05) is 24.3 Å². The largest absolute Gasteiger partial charge is 0.494 e.